The first-order chi connectivity index (χ1) is 18.5. The lowest BCUT2D eigenvalue weighted by atomic mass is 9.89. The summed E-state index contributed by atoms with van der Waals surface area (Å²) >= 11 is 0. The Balaban J connectivity index is 2.03. The van der Waals surface area contributed by atoms with Crippen molar-refractivity contribution in [2.75, 3.05) is 6.61 Å². The molecular formula is C29H43NO10. The van der Waals surface area contributed by atoms with E-state index in [0.717, 1.165) is 32.1 Å². The molecule has 11 heteroatoms. The third kappa shape index (κ3) is 12.2. The second-order valence-corrected chi connectivity index (χ2v) is 11.9. The van der Waals surface area contributed by atoms with E-state index in [-0.39, 0.29) is 36.4 Å². The van der Waals surface area contributed by atoms with E-state index in [9.17, 15) is 19.2 Å². The van der Waals surface area contributed by atoms with E-state index < -0.39 is 41.6 Å². The van der Waals surface area contributed by atoms with Gasteiger partial charge in [0, 0.05) is 0 Å². The molecule has 224 valence electrons. The van der Waals surface area contributed by atoms with Gasteiger partial charge < -0.3 is 34.2 Å². The number of carbonyl (C=O) groups is 4. The van der Waals surface area contributed by atoms with Gasteiger partial charge in [-0.25, -0.2) is 9.59 Å². The van der Waals surface area contributed by atoms with Crippen molar-refractivity contribution >= 4 is 24.2 Å². The molecule has 0 unspecified atom stereocenters. The molecule has 0 heterocycles. The monoisotopic (exact) mass is 565 g/mol. The highest BCUT2D eigenvalue weighted by Gasteiger charge is 2.26. The van der Waals surface area contributed by atoms with Crippen LogP contribution in [0.3, 0.4) is 0 Å². The van der Waals surface area contributed by atoms with Crippen molar-refractivity contribution in [2.45, 2.75) is 110 Å². The highest BCUT2D eigenvalue weighted by Crippen LogP contribution is 2.31. The Morgan fingerprint density at radius 3 is 1.98 bits per heavy atom. The number of ether oxygens (including phenoxy) is 6. The van der Waals surface area contributed by atoms with Crippen molar-refractivity contribution in [3.63, 3.8) is 0 Å². The van der Waals surface area contributed by atoms with Crippen LogP contribution in [0.1, 0.15) is 86.1 Å². The Morgan fingerprint density at radius 2 is 1.43 bits per heavy atom. The van der Waals surface area contributed by atoms with Gasteiger partial charge in [0.2, 0.25) is 0 Å². The van der Waals surface area contributed by atoms with Gasteiger partial charge in [0.25, 0.3) is 0 Å². The van der Waals surface area contributed by atoms with Crippen molar-refractivity contribution in [1.29, 1.82) is 0 Å². The third-order valence-electron chi connectivity index (χ3n) is 5.65. The largest absolute Gasteiger partial charge is 0.514 e. The first-order valence-corrected chi connectivity index (χ1v) is 13.6. The summed E-state index contributed by atoms with van der Waals surface area (Å²) in [6, 6.07) is 3.30. The first-order valence-electron chi connectivity index (χ1n) is 13.6. The molecule has 0 radical (unpaired) electrons. The van der Waals surface area contributed by atoms with Crippen molar-refractivity contribution in [3.8, 4) is 11.5 Å². The molecule has 0 aliphatic heterocycles. The highest BCUT2D eigenvalue weighted by molar-refractivity contribution is 5.76. The Kier molecular flexibility index (Phi) is 11.8. The summed E-state index contributed by atoms with van der Waals surface area (Å²) in [4.78, 5) is 49.4. The molecule has 0 bridgehead atoms. The summed E-state index contributed by atoms with van der Waals surface area (Å²) in [6.07, 6.45) is 2.12. The maximum absolute atomic E-state index is 12.6. The molecule has 2 N–H and O–H groups in total. The van der Waals surface area contributed by atoms with Gasteiger partial charge in [-0.15, -0.1) is 0 Å². The number of nitrogens with two attached hydrogens (primary N) is 1. The fourth-order valence-corrected chi connectivity index (χ4v) is 3.88. The molecule has 0 aromatic heterocycles. The number of rotatable bonds is 9. The molecule has 0 spiro atoms. The summed E-state index contributed by atoms with van der Waals surface area (Å²) in [6.45, 7) is 11.6. The Hall–Kier alpha value is -3.34. The van der Waals surface area contributed by atoms with Gasteiger partial charge in [0.05, 0.1) is 5.92 Å². The van der Waals surface area contributed by atoms with E-state index in [0.29, 0.717) is 5.56 Å². The molecule has 1 aliphatic carbocycles. The van der Waals surface area contributed by atoms with Gasteiger partial charge in [-0.05, 0) is 85.4 Å². The molecule has 0 saturated heterocycles. The Morgan fingerprint density at radius 1 is 0.875 bits per heavy atom. The quantitative estimate of drug-likeness (QED) is 0.238. The van der Waals surface area contributed by atoms with Crippen molar-refractivity contribution in [3.05, 3.63) is 23.8 Å². The van der Waals surface area contributed by atoms with E-state index >= 15 is 0 Å². The van der Waals surface area contributed by atoms with Gasteiger partial charge in [-0.2, -0.15) is 0 Å². The van der Waals surface area contributed by atoms with Crippen LogP contribution in [-0.4, -0.2) is 54.2 Å². The molecule has 1 aromatic carbocycles. The number of benzene rings is 1. The lowest BCUT2D eigenvalue weighted by Gasteiger charge is -2.22. The van der Waals surface area contributed by atoms with Crippen LogP contribution in [0.15, 0.2) is 18.2 Å². The normalized spacial score (nSPS) is 15.8. The summed E-state index contributed by atoms with van der Waals surface area (Å²) in [5.41, 5.74) is 4.94. The van der Waals surface area contributed by atoms with Crippen molar-refractivity contribution < 1.29 is 47.6 Å². The van der Waals surface area contributed by atoms with Crippen LogP contribution < -0.4 is 15.2 Å². The van der Waals surface area contributed by atoms with E-state index in [1.54, 1.807) is 54.5 Å². The van der Waals surface area contributed by atoms with Gasteiger partial charge in [-0.1, -0.05) is 25.3 Å². The van der Waals surface area contributed by atoms with Crippen molar-refractivity contribution in [1.82, 2.24) is 0 Å². The van der Waals surface area contributed by atoms with Gasteiger partial charge in [0.1, 0.15) is 30.0 Å². The zero-order valence-electron chi connectivity index (χ0n) is 24.6. The minimum Gasteiger partial charge on any atom is -0.462 e. The van der Waals surface area contributed by atoms with Crippen LogP contribution in [0.25, 0.3) is 0 Å². The maximum Gasteiger partial charge on any atom is 0.514 e. The zero-order chi connectivity index (χ0) is 30.1. The molecule has 0 amide bonds. The molecule has 1 saturated carbocycles. The number of hydrogen-bond acceptors (Lipinski definition) is 11. The topological polar surface area (TPSA) is 150 Å². The molecule has 2 atom stereocenters. The summed E-state index contributed by atoms with van der Waals surface area (Å²) in [5.74, 6) is -1.27. The van der Waals surface area contributed by atoms with Gasteiger partial charge >= 0.3 is 24.2 Å². The molecule has 1 aromatic rings. The van der Waals surface area contributed by atoms with Gasteiger partial charge in [-0.3, -0.25) is 9.59 Å². The summed E-state index contributed by atoms with van der Waals surface area (Å²) < 4.78 is 31.6. The minimum absolute atomic E-state index is 0.0187. The average Bonchev–Trinajstić information content (AvgIpc) is 2.82. The maximum atomic E-state index is 12.6. The fourth-order valence-electron chi connectivity index (χ4n) is 3.88. The molecular weight excluding hydrogens is 522 g/mol. The molecule has 2 rings (SSSR count). The van der Waals surface area contributed by atoms with E-state index in [1.807, 2.05) is 0 Å². The first kappa shape index (κ1) is 32.9. The minimum atomic E-state index is -1.07. The smallest absolute Gasteiger partial charge is 0.462 e. The predicted octanol–water partition coefficient (Wildman–Crippen LogP) is 5.24. The Bertz CT molecular complexity index is 1030. The van der Waals surface area contributed by atoms with E-state index in [2.05, 4.69) is 0 Å². The molecule has 11 nitrogen and oxygen atoms in total. The molecule has 40 heavy (non-hydrogen) atoms. The standard InChI is InChI=1S/C29H43NO10/c1-18(17-35-24(31)20-11-9-8-10-12-20)36-25(32)21(30)15-19-13-14-22(37-26(33)39-28(2,3)4)23(16-19)38-27(34)40-29(5,6)7/h13-14,16,18,20-21H,8-12,15,17,30H2,1-7H3/t18-,21-/m0/s1. The van der Waals surface area contributed by atoms with E-state index in [4.69, 9.17) is 34.2 Å². The second kappa shape index (κ2) is 14.3. The Labute approximate surface area is 235 Å². The summed E-state index contributed by atoms with van der Waals surface area (Å²) in [5, 5.41) is 0. The van der Waals surface area contributed by atoms with Crippen LogP contribution in [0.4, 0.5) is 9.59 Å². The number of esters is 2. The lowest BCUT2D eigenvalue weighted by molar-refractivity contribution is -0.161. The predicted molar refractivity (Wildman–Crippen MR) is 145 cm³/mol. The van der Waals surface area contributed by atoms with Crippen molar-refractivity contribution in [2.24, 2.45) is 11.7 Å². The average molecular weight is 566 g/mol. The third-order valence-corrected chi connectivity index (χ3v) is 5.65. The lowest BCUT2D eigenvalue weighted by Crippen LogP contribution is -2.37. The fraction of sp³-hybridized carbons (Fsp3) is 0.655. The van der Waals surface area contributed by atoms with Crippen LogP contribution in [0, 0.1) is 5.92 Å². The van der Waals surface area contributed by atoms with E-state index in [1.165, 1.54) is 12.1 Å². The van der Waals surface area contributed by atoms with Crippen LogP contribution in [0.2, 0.25) is 0 Å². The van der Waals surface area contributed by atoms with Gasteiger partial charge in [0.15, 0.2) is 11.5 Å². The van der Waals surface area contributed by atoms with Crippen LogP contribution >= 0.6 is 0 Å². The SMILES string of the molecule is C[C@@H](COC(=O)C1CCCCC1)OC(=O)[C@@H](N)Cc1ccc(OC(=O)OC(C)(C)C)c(OC(=O)OC(C)(C)C)c1. The number of hydrogen-bond donors (Lipinski definition) is 1. The molecule has 1 fully saturated rings. The number of carbonyl (C=O) groups excluding carboxylic acids is 4. The molecule has 1 aliphatic rings. The zero-order valence-corrected chi connectivity index (χ0v) is 24.6. The highest BCUT2D eigenvalue weighted by atomic mass is 16.8. The summed E-state index contributed by atoms with van der Waals surface area (Å²) in [7, 11) is 0. The second-order valence-electron chi connectivity index (χ2n) is 11.9. The van der Waals surface area contributed by atoms with Crippen LogP contribution in [0.5, 0.6) is 11.5 Å². The van der Waals surface area contributed by atoms with Crippen LogP contribution in [-0.2, 0) is 35.0 Å².